The molecule has 0 bridgehead atoms. The molecule has 4 nitrogen and oxygen atoms in total. The largest absolute Gasteiger partial charge is 0.299 e. The molecule has 1 saturated heterocycles. The van der Waals surface area contributed by atoms with Gasteiger partial charge in [0.25, 0.3) is 0 Å². The Kier molecular flexibility index (Phi) is 4.33. The molecule has 0 radical (unpaired) electrons. The number of nitrogens with zero attached hydrogens (tertiary/aromatic N) is 1. The number of fused-ring (bicyclic) bond motifs is 2. The molecule has 2 aromatic carbocycles. The van der Waals surface area contributed by atoms with E-state index in [-0.39, 0.29) is 23.3 Å². The Morgan fingerprint density at radius 2 is 1.50 bits per heavy atom. The number of hydrogen-bond donors (Lipinski definition) is 0. The molecular formula is C26H27NO3. The van der Waals surface area contributed by atoms with Gasteiger partial charge in [0.15, 0.2) is 17.1 Å². The van der Waals surface area contributed by atoms with Gasteiger partial charge in [0, 0.05) is 30.0 Å². The van der Waals surface area contributed by atoms with E-state index in [2.05, 4.69) is 24.3 Å². The molecule has 0 aromatic heterocycles. The molecule has 5 rings (SSSR count). The van der Waals surface area contributed by atoms with Crippen molar-refractivity contribution in [3.8, 4) is 0 Å². The third-order valence-corrected chi connectivity index (χ3v) is 7.80. The Labute approximate surface area is 177 Å². The number of likely N-dealkylation sites (N-methyl/N-ethyl adjacent to an activating group) is 1. The van der Waals surface area contributed by atoms with Gasteiger partial charge < -0.3 is 0 Å². The number of Topliss-reactive ketones (excluding diaryl/α,β-unsaturated/α-hetero) is 3. The van der Waals surface area contributed by atoms with Crippen LogP contribution in [0.5, 0.6) is 0 Å². The molecule has 1 aliphatic heterocycles. The van der Waals surface area contributed by atoms with Crippen molar-refractivity contribution in [1.29, 1.82) is 0 Å². The number of likely N-dealkylation sites (tertiary alicyclic amines) is 1. The minimum Gasteiger partial charge on any atom is -0.299 e. The third kappa shape index (κ3) is 2.23. The molecule has 4 heteroatoms. The predicted molar refractivity (Wildman–Crippen MR) is 115 cm³/mol. The van der Waals surface area contributed by atoms with E-state index in [0.29, 0.717) is 30.5 Å². The summed E-state index contributed by atoms with van der Waals surface area (Å²) < 4.78 is 0. The lowest BCUT2D eigenvalue weighted by Gasteiger charge is -2.44. The summed E-state index contributed by atoms with van der Waals surface area (Å²) in [6, 6.07) is 15.4. The fourth-order valence-corrected chi connectivity index (χ4v) is 6.45. The van der Waals surface area contributed by atoms with Crippen LogP contribution in [0.3, 0.4) is 0 Å². The number of rotatable bonds is 1. The van der Waals surface area contributed by atoms with Gasteiger partial charge >= 0.3 is 0 Å². The summed E-state index contributed by atoms with van der Waals surface area (Å²) in [5.41, 5.74) is 0.706. The summed E-state index contributed by atoms with van der Waals surface area (Å²) in [5, 5.41) is 0. The molecule has 2 aromatic rings. The van der Waals surface area contributed by atoms with Crippen LogP contribution in [0.2, 0.25) is 0 Å². The Hall–Kier alpha value is -2.59. The van der Waals surface area contributed by atoms with Crippen LogP contribution in [0.15, 0.2) is 48.5 Å². The minimum atomic E-state index is -1.42. The van der Waals surface area contributed by atoms with Crippen LogP contribution < -0.4 is 0 Å². The number of carbonyl (C=O) groups is 3. The number of ketones is 3. The topological polar surface area (TPSA) is 54.5 Å². The molecule has 2 atom stereocenters. The van der Waals surface area contributed by atoms with E-state index in [4.69, 9.17) is 0 Å². The Balaban J connectivity index is 1.79. The maximum absolute atomic E-state index is 14.0. The molecule has 3 aliphatic rings. The lowest BCUT2D eigenvalue weighted by atomic mass is 9.57. The SMILES string of the molecule is Cc1ccc([C@H]2CN(C)C3(C(=O)c4ccccc4C3=O)[C@@]23CCCCCC3=O)cc1. The first-order valence-electron chi connectivity index (χ1n) is 10.9. The van der Waals surface area contributed by atoms with Crippen molar-refractivity contribution in [3.05, 3.63) is 70.8 Å². The predicted octanol–water partition coefficient (Wildman–Crippen LogP) is 4.36. The molecule has 0 unspecified atom stereocenters. The lowest BCUT2D eigenvalue weighted by molar-refractivity contribution is -0.132. The normalized spacial score (nSPS) is 28.3. The third-order valence-electron chi connectivity index (χ3n) is 7.80. The van der Waals surface area contributed by atoms with Gasteiger partial charge in [-0.3, -0.25) is 19.3 Å². The number of aryl methyl sites for hydroxylation is 1. The first-order chi connectivity index (χ1) is 14.4. The Morgan fingerprint density at radius 3 is 2.13 bits per heavy atom. The quantitative estimate of drug-likeness (QED) is 0.666. The number of carbonyl (C=O) groups excluding carboxylic acids is 3. The summed E-state index contributed by atoms with van der Waals surface area (Å²) in [7, 11) is 1.86. The van der Waals surface area contributed by atoms with Crippen molar-refractivity contribution in [3.63, 3.8) is 0 Å². The average Bonchev–Trinajstić information content (AvgIpc) is 3.04. The standard InChI is InChI=1S/C26H27NO3/c1-17-11-13-18(14-12-17)21-16-27(2)26(25(21)15-7-3-4-10-22(25)28)23(29)19-8-5-6-9-20(19)24(26)30/h5-6,8-9,11-14,21H,3-4,7,10,15-16H2,1-2H3/t21-,25+/m1/s1. The Bertz CT molecular complexity index is 1020. The molecule has 0 amide bonds. The zero-order valence-electron chi connectivity index (χ0n) is 17.6. The van der Waals surface area contributed by atoms with Gasteiger partial charge in [0.1, 0.15) is 5.78 Å². The first kappa shape index (κ1) is 19.4. The average molecular weight is 402 g/mol. The van der Waals surface area contributed by atoms with Crippen LogP contribution in [-0.2, 0) is 4.79 Å². The van der Waals surface area contributed by atoms with Crippen molar-refractivity contribution < 1.29 is 14.4 Å². The van der Waals surface area contributed by atoms with Gasteiger partial charge in [-0.1, -0.05) is 66.9 Å². The highest BCUT2D eigenvalue weighted by molar-refractivity contribution is 6.35. The molecule has 2 spiro atoms. The zero-order chi connectivity index (χ0) is 21.1. The van der Waals surface area contributed by atoms with E-state index >= 15 is 0 Å². The molecule has 2 fully saturated rings. The van der Waals surface area contributed by atoms with Gasteiger partial charge in [-0.25, -0.2) is 0 Å². The second-order valence-corrected chi connectivity index (χ2v) is 9.21. The van der Waals surface area contributed by atoms with Gasteiger partial charge in [0.05, 0.1) is 5.41 Å². The molecule has 1 heterocycles. The maximum atomic E-state index is 14.0. The van der Waals surface area contributed by atoms with Gasteiger partial charge in [-0.15, -0.1) is 0 Å². The fourth-order valence-electron chi connectivity index (χ4n) is 6.45. The van der Waals surface area contributed by atoms with E-state index in [1.165, 1.54) is 0 Å². The van der Waals surface area contributed by atoms with Crippen LogP contribution in [-0.4, -0.2) is 41.4 Å². The second-order valence-electron chi connectivity index (χ2n) is 9.21. The lowest BCUT2D eigenvalue weighted by Crippen LogP contribution is -2.64. The van der Waals surface area contributed by atoms with Crippen molar-refractivity contribution in [2.75, 3.05) is 13.6 Å². The Morgan fingerprint density at radius 1 is 0.867 bits per heavy atom. The summed E-state index contributed by atoms with van der Waals surface area (Å²) in [6.45, 7) is 2.57. The van der Waals surface area contributed by atoms with Gasteiger partial charge in [-0.05, 0) is 32.4 Å². The minimum absolute atomic E-state index is 0.0874. The molecule has 0 N–H and O–H groups in total. The van der Waals surface area contributed by atoms with Crippen LogP contribution in [0.25, 0.3) is 0 Å². The van der Waals surface area contributed by atoms with Gasteiger partial charge in [-0.2, -0.15) is 0 Å². The highest BCUT2D eigenvalue weighted by atomic mass is 16.2. The van der Waals surface area contributed by atoms with Crippen molar-refractivity contribution in [2.24, 2.45) is 5.41 Å². The smallest absolute Gasteiger partial charge is 0.192 e. The van der Waals surface area contributed by atoms with Crippen LogP contribution >= 0.6 is 0 Å². The summed E-state index contributed by atoms with van der Waals surface area (Å²) in [6.07, 6.45) is 3.68. The zero-order valence-corrected chi connectivity index (χ0v) is 17.6. The van der Waals surface area contributed by atoms with Crippen molar-refractivity contribution >= 4 is 17.3 Å². The van der Waals surface area contributed by atoms with E-state index in [1.807, 2.05) is 18.9 Å². The van der Waals surface area contributed by atoms with Crippen molar-refractivity contribution in [2.45, 2.75) is 50.5 Å². The van der Waals surface area contributed by atoms with E-state index in [9.17, 15) is 14.4 Å². The highest BCUT2D eigenvalue weighted by Gasteiger charge is 2.75. The van der Waals surface area contributed by atoms with Gasteiger partial charge in [0.2, 0.25) is 0 Å². The molecule has 154 valence electrons. The first-order valence-corrected chi connectivity index (χ1v) is 10.9. The molecular weight excluding hydrogens is 374 g/mol. The summed E-state index contributed by atoms with van der Waals surface area (Å²) >= 11 is 0. The summed E-state index contributed by atoms with van der Waals surface area (Å²) in [5.74, 6) is -0.453. The fraction of sp³-hybridized carbons (Fsp3) is 0.423. The van der Waals surface area contributed by atoms with Crippen LogP contribution in [0.4, 0.5) is 0 Å². The maximum Gasteiger partial charge on any atom is 0.192 e. The van der Waals surface area contributed by atoms with E-state index in [1.54, 1.807) is 24.3 Å². The van der Waals surface area contributed by atoms with Crippen LogP contribution in [0, 0.1) is 12.3 Å². The monoisotopic (exact) mass is 401 g/mol. The second kappa shape index (κ2) is 6.71. The highest BCUT2D eigenvalue weighted by Crippen LogP contribution is 2.62. The summed E-state index contributed by atoms with van der Waals surface area (Å²) in [4.78, 5) is 43.8. The van der Waals surface area contributed by atoms with E-state index in [0.717, 1.165) is 30.4 Å². The van der Waals surface area contributed by atoms with Crippen LogP contribution in [0.1, 0.15) is 69.9 Å². The molecule has 30 heavy (non-hydrogen) atoms. The van der Waals surface area contributed by atoms with Crippen molar-refractivity contribution in [1.82, 2.24) is 4.90 Å². The molecule has 2 aliphatic carbocycles. The van der Waals surface area contributed by atoms with E-state index < -0.39 is 11.0 Å². The number of benzene rings is 2. The molecule has 1 saturated carbocycles. The number of hydrogen-bond acceptors (Lipinski definition) is 4.